The summed E-state index contributed by atoms with van der Waals surface area (Å²) in [5, 5.41) is 18.2. The number of benzene rings is 2. The van der Waals surface area contributed by atoms with Gasteiger partial charge in [0.05, 0.1) is 0 Å². The molecule has 1 saturated heterocycles. The molecule has 3 rings (SSSR count). The highest BCUT2D eigenvalue weighted by molar-refractivity contribution is 5.97. The molecular formula is C21H26N4O3. The minimum Gasteiger partial charge on any atom is -0.339 e. The van der Waals surface area contributed by atoms with Crippen LogP contribution in [0.2, 0.25) is 0 Å². The first-order valence-electron chi connectivity index (χ1n) is 9.52. The zero-order valence-corrected chi connectivity index (χ0v) is 15.7. The van der Waals surface area contributed by atoms with Gasteiger partial charge in [-0.1, -0.05) is 42.5 Å². The molecule has 0 aliphatic carbocycles. The molecule has 5 N–H and O–H groups in total. The van der Waals surface area contributed by atoms with E-state index in [0.29, 0.717) is 18.2 Å². The van der Waals surface area contributed by atoms with Gasteiger partial charge in [0.1, 0.15) is 6.04 Å². The fraction of sp³-hybridized carbons (Fsp3) is 0.333. The zero-order valence-electron chi connectivity index (χ0n) is 15.7. The van der Waals surface area contributed by atoms with E-state index in [1.54, 1.807) is 17.6 Å². The topological polar surface area (TPSA) is 102 Å². The van der Waals surface area contributed by atoms with Gasteiger partial charge < -0.3 is 16.0 Å². The molecule has 28 heavy (non-hydrogen) atoms. The Labute approximate surface area is 164 Å². The van der Waals surface area contributed by atoms with Gasteiger partial charge in [-0.05, 0) is 42.6 Å². The van der Waals surface area contributed by atoms with Gasteiger partial charge in [0.25, 0.3) is 11.8 Å². The Hall–Kier alpha value is -2.74. The first-order chi connectivity index (χ1) is 13.7. The van der Waals surface area contributed by atoms with Crippen LogP contribution in [0.25, 0.3) is 11.1 Å². The van der Waals surface area contributed by atoms with Crippen LogP contribution in [0, 0.1) is 0 Å². The Balaban J connectivity index is 1.58. The summed E-state index contributed by atoms with van der Waals surface area (Å²) in [5.74, 6) is -1.02. The molecule has 0 unspecified atom stereocenters. The Bertz CT molecular complexity index is 774. The van der Waals surface area contributed by atoms with E-state index < -0.39 is 11.9 Å². The third-order valence-electron chi connectivity index (χ3n) is 4.89. The number of hydrogen-bond donors (Lipinski definition) is 5. The third kappa shape index (κ3) is 5.39. The van der Waals surface area contributed by atoms with Crippen LogP contribution in [0.3, 0.4) is 0 Å². The second-order valence-electron chi connectivity index (χ2n) is 6.90. The van der Waals surface area contributed by atoms with Crippen LogP contribution in [0.1, 0.15) is 23.2 Å². The second kappa shape index (κ2) is 9.98. The number of amides is 2. The molecule has 7 nitrogen and oxygen atoms in total. The molecule has 0 saturated carbocycles. The predicted molar refractivity (Wildman–Crippen MR) is 107 cm³/mol. The summed E-state index contributed by atoms with van der Waals surface area (Å²) < 4.78 is 0. The monoisotopic (exact) mass is 382 g/mol. The Kier molecular flexibility index (Phi) is 7.13. The summed E-state index contributed by atoms with van der Waals surface area (Å²) in [6, 6.07) is 16.6. The van der Waals surface area contributed by atoms with Crippen LogP contribution in [-0.4, -0.2) is 48.7 Å². The second-order valence-corrected chi connectivity index (χ2v) is 6.90. The first-order valence-corrected chi connectivity index (χ1v) is 9.52. The van der Waals surface area contributed by atoms with E-state index in [-0.39, 0.29) is 12.5 Å². The van der Waals surface area contributed by atoms with E-state index in [0.717, 1.165) is 30.5 Å². The molecule has 2 aromatic carbocycles. The van der Waals surface area contributed by atoms with E-state index in [2.05, 4.69) is 16.0 Å². The maximum Gasteiger partial charge on any atom is 0.267 e. The van der Waals surface area contributed by atoms with Crippen molar-refractivity contribution in [1.29, 1.82) is 0 Å². The lowest BCUT2D eigenvalue weighted by Gasteiger charge is -2.19. The molecule has 2 amide bonds. The summed E-state index contributed by atoms with van der Waals surface area (Å²) in [4.78, 5) is 24.4. The van der Waals surface area contributed by atoms with Gasteiger partial charge in [-0.3, -0.25) is 14.8 Å². The lowest BCUT2D eigenvalue weighted by molar-refractivity contribution is -0.131. The number of carbonyl (C=O) groups excluding carboxylic acids is 2. The van der Waals surface area contributed by atoms with E-state index in [1.165, 1.54) is 0 Å². The quantitative estimate of drug-likeness (QED) is 0.350. The molecular weight excluding hydrogens is 356 g/mol. The van der Waals surface area contributed by atoms with Crippen LogP contribution < -0.4 is 21.4 Å². The molecule has 0 radical (unpaired) electrons. The molecule has 7 heteroatoms. The maximum atomic E-state index is 12.5. The van der Waals surface area contributed by atoms with Crippen LogP contribution in [0.5, 0.6) is 0 Å². The van der Waals surface area contributed by atoms with Crippen molar-refractivity contribution >= 4 is 11.8 Å². The van der Waals surface area contributed by atoms with E-state index in [1.807, 2.05) is 42.5 Å². The molecule has 1 heterocycles. The molecule has 1 aliphatic heterocycles. The van der Waals surface area contributed by atoms with Gasteiger partial charge in [-0.2, -0.15) is 0 Å². The minimum atomic E-state index is -0.868. The summed E-state index contributed by atoms with van der Waals surface area (Å²) in [7, 11) is 0. The number of rotatable bonds is 8. The van der Waals surface area contributed by atoms with Crippen molar-refractivity contribution in [3.05, 3.63) is 60.2 Å². The molecule has 0 spiro atoms. The predicted octanol–water partition coefficient (Wildman–Crippen LogP) is 1.30. The molecule has 1 aliphatic rings. The molecule has 2 atom stereocenters. The first kappa shape index (κ1) is 20.0. The standard InChI is InChI=1S/C21H26N4O3/c26-20(17-10-8-16(9-11-17)15-5-2-1-3-6-15)24-19(21(27)25-28)14-22-13-18-7-4-12-23-18/h1-3,5-6,8-11,18-19,22-23,28H,4,7,12-14H2,(H,24,26)(H,25,27)/t18-,19-/m0/s1. The minimum absolute atomic E-state index is 0.235. The van der Waals surface area contributed by atoms with Crippen molar-refractivity contribution in [2.45, 2.75) is 24.9 Å². The van der Waals surface area contributed by atoms with Crippen molar-refractivity contribution < 1.29 is 14.8 Å². The zero-order chi connectivity index (χ0) is 19.8. The number of nitrogens with one attached hydrogen (secondary N) is 4. The number of carbonyl (C=O) groups is 2. The SMILES string of the molecule is O=C(N[C@@H](CNC[C@@H]1CCCN1)C(=O)NO)c1ccc(-c2ccccc2)cc1. The largest absolute Gasteiger partial charge is 0.339 e. The van der Waals surface area contributed by atoms with Gasteiger partial charge in [0.2, 0.25) is 0 Å². The van der Waals surface area contributed by atoms with E-state index in [4.69, 9.17) is 5.21 Å². The highest BCUT2D eigenvalue weighted by Crippen LogP contribution is 2.19. The van der Waals surface area contributed by atoms with Crippen molar-refractivity contribution in [1.82, 2.24) is 21.4 Å². The van der Waals surface area contributed by atoms with Crippen LogP contribution in [0.15, 0.2) is 54.6 Å². The molecule has 0 aromatic heterocycles. The van der Waals surface area contributed by atoms with E-state index >= 15 is 0 Å². The van der Waals surface area contributed by atoms with Gasteiger partial charge in [0, 0.05) is 24.7 Å². The molecule has 1 fully saturated rings. The Morgan fingerprint density at radius 3 is 2.43 bits per heavy atom. The summed E-state index contributed by atoms with van der Waals surface area (Å²) in [5.41, 5.74) is 4.15. The van der Waals surface area contributed by atoms with Crippen LogP contribution >= 0.6 is 0 Å². The fourth-order valence-corrected chi connectivity index (χ4v) is 3.31. The van der Waals surface area contributed by atoms with Crippen LogP contribution in [0.4, 0.5) is 0 Å². The lowest BCUT2D eigenvalue weighted by Crippen LogP contribution is -2.52. The third-order valence-corrected chi connectivity index (χ3v) is 4.89. The highest BCUT2D eigenvalue weighted by Gasteiger charge is 2.22. The molecule has 2 aromatic rings. The highest BCUT2D eigenvalue weighted by atomic mass is 16.5. The van der Waals surface area contributed by atoms with Gasteiger partial charge >= 0.3 is 0 Å². The fourth-order valence-electron chi connectivity index (χ4n) is 3.31. The Morgan fingerprint density at radius 2 is 1.79 bits per heavy atom. The van der Waals surface area contributed by atoms with Gasteiger partial charge in [-0.15, -0.1) is 0 Å². The van der Waals surface area contributed by atoms with Crippen molar-refractivity contribution in [2.24, 2.45) is 0 Å². The van der Waals surface area contributed by atoms with E-state index in [9.17, 15) is 9.59 Å². The van der Waals surface area contributed by atoms with Crippen molar-refractivity contribution in [3.8, 4) is 11.1 Å². The smallest absolute Gasteiger partial charge is 0.267 e. The molecule has 0 bridgehead atoms. The lowest BCUT2D eigenvalue weighted by atomic mass is 10.0. The average Bonchev–Trinajstić information content (AvgIpc) is 3.26. The molecule has 148 valence electrons. The normalized spacial score (nSPS) is 17.1. The summed E-state index contributed by atoms with van der Waals surface area (Å²) in [6.07, 6.45) is 2.23. The van der Waals surface area contributed by atoms with Crippen molar-refractivity contribution in [3.63, 3.8) is 0 Å². The average molecular weight is 382 g/mol. The van der Waals surface area contributed by atoms with Crippen LogP contribution in [-0.2, 0) is 4.79 Å². The number of hydroxylamine groups is 1. The number of hydrogen-bond acceptors (Lipinski definition) is 5. The van der Waals surface area contributed by atoms with Crippen molar-refractivity contribution in [2.75, 3.05) is 19.6 Å². The summed E-state index contributed by atoms with van der Waals surface area (Å²) >= 11 is 0. The Morgan fingerprint density at radius 1 is 1.07 bits per heavy atom. The van der Waals surface area contributed by atoms with Gasteiger partial charge in [0.15, 0.2) is 0 Å². The maximum absolute atomic E-state index is 12.5. The summed E-state index contributed by atoms with van der Waals surface area (Å²) in [6.45, 7) is 1.94. The van der Waals surface area contributed by atoms with Gasteiger partial charge in [-0.25, -0.2) is 5.48 Å².